The molecule has 1 aliphatic rings. The van der Waals surface area contributed by atoms with Crippen molar-refractivity contribution in [3.8, 4) is 11.1 Å². The Balaban J connectivity index is 1.49. The van der Waals surface area contributed by atoms with Gasteiger partial charge in [-0.15, -0.1) is 0 Å². The predicted octanol–water partition coefficient (Wildman–Crippen LogP) is 4.26. The fourth-order valence-corrected chi connectivity index (χ4v) is 7.34. The first kappa shape index (κ1) is 24.7. The van der Waals surface area contributed by atoms with E-state index in [1.807, 2.05) is 10.9 Å². The van der Waals surface area contributed by atoms with Gasteiger partial charge in [0.05, 0.1) is 27.9 Å². The zero-order valence-electron chi connectivity index (χ0n) is 20.0. The Morgan fingerprint density at radius 3 is 2.33 bits per heavy atom. The molecule has 0 bridgehead atoms. The number of rotatable bonds is 6. The minimum absolute atomic E-state index is 0.0243. The maximum Gasteiger partial charge on any atom is 0.268 e. The van der Waals surface area contributed by atoms with Crippen LogP contribution in [-0.4, -0.2) is 53.2 Å². The van der Waals surface area contributed by atoms with Gasteiger partial charge < -0.3 is 0 Å². The van der Waals surface area contributed by atoms with Crippen LogP contribution in [0.25, 0.3) is 22.0 Å². The van der Waals surface area contributed by atoms with Crippen LogP contribution in [0.4, 0.5) is 4.39 Å². The van der Waals surface area contributed by atoms with Gasteiger partial charge in [-0.1, -0.05) is 18.2 Å². The highest BCUT2D eigenvalue weighted by Gasteiger charge is 2.31. The maximum atomic E-state index is 14.2. The second-order valence-electron chi connectivity index (χ2n) is 9.25. The molecule has 190 valence electrons. The number of halogens is 1. The third-order valence-electron chi connectivity index (χ3n) is 6.70. The van der Waals surface area contributed by atoms with E-state index in [1.54, 1.807) is 44.3 Å². The standard InChI is InChI=1S/C25H27FN4O4S2/c1-18(2)35(31,32)28-12-10-21(11-13-28)29-16-19(15-27-29)24-17-30(25-14-20(26)8-9-23(24)25)36(33,34)22-6-4-3-5-7-22/h3-9,14-18,21H,10-13H2,1-2H3. The quantitative estimate of drug-likeness (QED) is 0.371. The van der Waals surface area contributed by atoms with E-state index in [0.29, 0.717) is 42.4 Å². The third kappa shape index (κ3) is 4.25. The minimum Gasteiger partial charge on any atom is -0.269 e. The van der Waals surface area contributed by atoms with Gasteiger partial charge in [0.25, 0.3) is 10.0 Å². The Hall–Kier alpha value is -3.02. The van der Waals surface area contributed by atoms with Gasteiger partial charge >= 0.3 is 0 Å². The molecule has 5 rings (SSSR count). The molecule has 0 radical (unpaired) electrons. The van der Waals surface area contributed by atoms with Gasteiger partial charge in [0.15, 0.2) is 0 Å². The number of hydrogen-bond donors (Lipinski definition) is 0. The van der Waals surface area contributed by atoms with Crippen molar-refractivity contribution < 1.29 is 21.2 Å². The molecule has 1 aliphatic heterocycles. The van der Waals surface area contributed by atoms with Crippen LogP contribution < -0.4 is 0 Å². The molecule has 1 saturated heterocycles. The van der Waals surface area contributed by atoms with E-state index in [1.165, 1.54) is 34.8 Å². The minimum atomic E-state index is -3.95. The van der Waals surface area contributed by atoms with Gasteiger partial charge in [0.2, 0.25) is 10.0 Å². The van der Waals surface area contributed by atoms with Gasteiger partial charge in [-0.05, 0) is 57.0 Å². The van der Waals surface area contributed by atoms with Crippen molar-refractivity contribution in [2.75, 3.05) is 13.1 Å². The van der Waals surface area contributed by atoms with Crippen LogP contribution in [-0.2, 0) is 20.0 Å². The number of piperidine rings is 1. The summed E-state index contributed by atoms with van der Waals surface area (Å²) in [6, 6.07) is 12.1. The van der Waals surface area contributed by atoms with E-state index in [-0.39, 0.29) is 16.5 Å². The van der Waals surface area contributed by atoms with Gasteiger partial charge in [0, 0.05) is 42.0 Å². The van der Waals surface area contributed by atoms with E-state index in [9.17, 15) is 21.2 Å². The summed E-state index contributed by atoms with van der Waals surface area (Å²) in [5, 5.41) is 4.64. The van der Waals surface area contributed by atoms with E-state index in [4.69, 9.17) is 0 Å². The second-order valence-corrected chi connectivity index (χ2v) is 13.6. The summed E-state index contributed by atoms with van der Waals surface area (Å²) < 4.78 is 70.3. The fourth-order valence-electron chi connectivity index (χ4n) is 4.64. The molecule has 2 aromatic carbocycles. The molecular weight excluding hydrogens is 503 g/mol. The topological polar surface area (TPSA) is 94.3 Å². The fraction of sp³-hybridized carbons (Fsp3) is 0.320. The van der Waals surface area contributed by atoms with Crippen molar-refractivity contribution in [1.82, 2.24) is 18.1 Å². The Labute approximate surface area is 210 Å². The number of benzene rings is 2. The van der Waals surface area contributed by atoms with Gasteiger partial charge in [-0.2, -0.15) is 5.10 Å². The molecule has 0 atom stereocenters. The third-order valence-corrected chi connectivity index (χ3v) is 10.7. The largest absolute Gasteiger partial charge is 0.269 e. The van der Waals surface area contributed by atoms with E-state index < -0.39 is 31.1 Å². The molecular formula is C25H27FN4O4S2. The van der Waals surface area contributed by atoms with Crippen LogP contribution in [0.5, 0.6) is 0 Å². The van der Waals surface area contributed by atoms with Gasteiger partial charge in [0.1, 0.15) is 5.82 Å². The van der Waals surface area contributed by atoms with Crippen molar-refractivity contribution >= 4 is 30.9 Å². The monoisotopic (exact) mass is 530 g/mol. The summed E-state index contributed by atoms with van der Waals surface area (Å²) in [5.74, 6) is -0.532. The SMILES string of the molecule is CC(C)S(=O)(=O)N1CCC(n2cc(-c3cn(S(=O)(=O)c4ccccc4)c4cc(F)ccc34)cn2)CC1. The Bertz CT molecular complexity index is 1620. The van der Waals surface area contributed by atoms with Crippen LogP contribution >= 0.6 is 0 Å². The molecule has 0 unspecified atom stereocenters. The van der Waals surface area contributed by atoms with Gasteiger partial charge in [-0.25, -0.2) is 29.5 Å². The lowest BCUT2D eigenvalue weighted by Gasteiger charge is -2.32. The van der Waals surface area contributed by atoms with Crippen molar-refractivity contribution in [3.63, 3.8) is 0 Å². The first-order valence-corrected chi connectivity index (χ1v) is 14.7. The lowest BCUT2D eigenvalue weighted by molar-refractivity contribution is 0.260. The first-order valence-electron chi connectivity index (χ1n) is 11.7. The molecule has 0 aliphatic carbocycles. The molecule has 4 aromatic rings. The average molecular weight is 531 g/mol. The highest BCUT2D eigenvalue weighted by Crippen LogP contribution is 2.34. The van der Waals surface area contributed by atoms with Crippen molar-refractivity contribution in [1.29, 1.82) is 0 Å². The summed E-state index contributed by atoms with van der Waals surface area (Å²) in [6.07, 6.45) is 6.26. The number of hydrogen-bond acceptors (Lipinski definition) is 5. The first-order chi connectivity index (χ1) is 17.1. The van der Waals surface area contributed by atoms with Crippen LogP contribution in [0.3, 0.4) is 0 Å². The Morgan fingerprint density at radius 2 is 1.67 bits per heavy atom. The summed E-state index contributed by atoms with van der Waals surface area (Å²) in [6.45, 7) is 4.21. The summed E-state index contributed by atoms with van der Waals surface area (Å²) in [4.78, 5) is 0.108. The van der Waals surface area contributed by atoms with E-state index in [2.05, 4.69) is 5.10 Å². The maximum absolute atomic E-state index is 14.2. The molecule has 0 amide bonds. The van der Waals surface area contributed by atoms with Crippen molar-refractivity contribution in [3.05, 3.63) is 72.9 Å². The van der Waals surface area contributed by atoms with Crippen LogP contribution in [0.1, 0.15) is 32.7 Å². The molecule has 36 heavy (non-hydrogen) atoms. The molecule has 11 heteroatoms. The number of sulfonamides is 1. The molecule has 0 N–H and O–H groups in total. The van der Waals surface area contributed by atoms with Crippen molar-refractivity contribution in [2.45, 2.75) is 42.9 Å². The number of aromatic nitrogens is 3. The Morgan fingerprint density at radius 1 is 0.972 bits per heavy atom. The zero-order valence-corrected chi connectivity index (χ0v) is 21.6. The van der Waals surface area contributed by atoms with Crippen LogP contribution in [0.2, 0.25) is 0 Å². The highest BCUT2D eigenvalue weighted by molar-refractivity contribution is 7.90. The van der Waals surface area contributed by atoms with Crippen LogP contribution in [0, 0.1) is 5.82 Å². The molecule has 2 aromatic heterocycles. The molecule has 8 nitrogen and oxygen atoms in total. The smallest absolute Gasteiger partial charge is 0.268 e. The Kier molecular flexibility index (Phi) is 6.26. The molecule has 3 heterocycles. The van der Waals surface area contributed by atoms with E-state index >= 15 is 0 Å². The van der Waals surface area contributed by atoms with E-state index in [0.717, 1.165) is 3.97 Å². The molecule has 1 fully saturated rings. The number of fused-ring (bicyclic) bond motifs is 1. The van der Waals surface area contributed by atoms with Crippen molar-refractivity contribution in [2.24, 2.45) is 0 Å². The second kappa shape index (κ2) is 9.13. The molecule has 0 saturated carbocycles. The summed E-state index contributed by atoms with van der Waals surface area (Å²) in [7, 11) is -7.24. The van der Waals surface area contributed by atoms with Gasteiger partial charge in [-0.3, -0.25) is 4.68 Å². The normalized spacial score (nSPS) is 16.2. The lowest BCUT2D eigenvalue weighted by Crippen LogP contribution is -2.42. The summed E-state index contributed by atoms with van der Waals surface area (Å²) >= 11 is 0. The highest BCUT2D eigenvalue weighted by atomic mass is 32.2. The average Bonchev–Trinajstić information content (AvgIpc) is 3.50. The molecule has 0 spiro atoms. The number of nitrogens with zero attached hydrogens (tertiary/aromatic N) is 4. The predicted molar refractivity (Wildman–Crippen MR) is 136 cm³/mol. The lowest BCUT2D eigenvalue weighted by atomic mass is 10.1. The summed E-state index contributed by atoms with van der Waals surface area (Å²) in [5.41, 5.74) is 1.57. The van der Waals surface area contributed by atoms with Crippen LogP contribution in [0.15, 0.2) is 72.0 Å². The zero-order chi connectivity index (χ0) is 25.7.